The zero-order valence-corrected chi connectivity index (χ0v) is 5.13. The van der Waals surface area contributed by atoms with Crippen molar-refractivity contribution in [2.75, 3.05) is 13.2 Å². The van der Waals surface area contributed by atoms with Crippen LogP contribution >= 0.6 is 0 Å². The summed E-state index contributed by atoms with van der Waals surface area (Å²) in [6, 6.07) is 0. The number of halogens is 1. The molecular weight excluding hydrogens is 127 g/mol. The number of hydrogen-bond acceptors (Lipinski definition) is 3. The molecule has 0 aliphatic carbocycles. The van der Waals surface area contributed by atoms with Crippen molar-refractivity contribution in [2.24, 2.45) is 0 Å². The zero-order chi connectivity index (χ0) is 7.28. The van der Waals surface area contributed by atoms with E-state index >= 15 is 0 Å². The van der Waals surface area contributed by atoms with Crippen molar-refractivity contribution >= 4 is 5.97 Å². The standard InChI is InChI=1S/C5H9FO3/c1-4(6)5(8)9-3-2-7/h4,7H,2-3H2,1H3. The normalized spacial score (nSPS) is 12.8. The third-order valence-corrected chi connectivity index (χ3v) is 0.660. The number of aliphatic hydroxyl groups excluding tert-OH is 1. The fourth-order valence-corrected chi connectivity index (χ4v) is 0.261. The Morgan fingerprint density at radius 3 is 2.78 bits per heavy atom. The molecule has 0 rings (SSSR count). The van der Waals surface area contributed by atoms with Gasteiger partial charge in [-0.05, 0) is 6.92 Å². The van der Waals surface area contributed by atoms with E-state index in [4.69, 9.17) is 5.11 Å². The van der Waals surface area contributed by atoms with Gasteiger partial charge in [0.2, 0.25) is 0 Å². The summed E-state index contributed by atoms with van der Waals surface area (Å²) in [5.41, 5.74) is 0. The molecule has 3 nitrogen and oxygen atoms in total. The molecule has 0 saturated heterocycles. The minimum Gasteiger partial charge on any atom is -0.461 e. The lowest BCUT2D eigenvalue weighted by Gasteiger charge is -2.01. The third-order valence-electron chi connectivity index (χ3n) is 0.660. The van der Waals surface area contributed by atoms with Gasteiger partial charge in [-0.1, -0.05) is 0 Å². The Balaban J connectivity index is 3.28. The van der Waals surface area contributed by atoms with E-state index in [2.05, 4.69) is 4.74 Å². The molecule has 0 aliphatic heterocycles. The zero-order valence-electron chi connectivity index (χ0n) is 5.13. The molecule has 0 aromatic heterocycles. The van der Waals surface area contributed by atoms with Gasteiger partial charge in [-0.15, -0.1) is 0 Å². The number of carbonyl (C=O) groups is 1. The minimum absolute atomic E-state index is 0.132. The summed E-state index contributed by atoms with van der Waals surface area (Å²) < 4.78 is 16.1. The van der Waals surface area contributed by atoms with Gasteiger partial charge in [0.15, 0.2) is 6.17 Å². The largest absolute Gasteiger partial charge is 0.461 e. The number of alkyl halides is 1. The molecule has 4 heteroatoms. The Labute approximate surface area is 52.4 Å². The molecule has 0 bridgehead atoms. The van der Waals surface area contributed by atoms with Gasteiger partial charge in [0.1, 0.15) is 6.61 Å². The molecule has 0 saturated carbocycles. The van der Waals surface area contributed by atoms with Gasteiger partial charge in [0.05, 0.1) is 6.61 Å². The first kappa shape index (κ1) is 8.36. The first-order valence-electron chi connectivity index (χ1n) is 2.60. The van der Waals surface area contributed by atoms with E-state index in [0.29, 0.717) is 0 Å². The van der Waals surface area contributed by atoms with E-state index in [1.807, 2.05) is 0 Å². The lowest BCUT2D eigenvalue weighted by Crippen LogP contribution is -2.17. The maximum atomic E-state index is 11.9. The van der Waals surface area contributed by atoms with E-state index in [-0.39, 0.29) is 13.2 Å². The average Bonchev–Trinajstić information content (AvgIpc) is 1.82. The molecular formula is C5H9FO3. The molecule has 9 heavy (non-hydrogen) atoms. The van der Waals surface area contributed by atoms with Crippen LogP contribution < -0.4 is 0 Å². The van der Waals surface area contributed by atoms with Crippen LogP contribution in [0.3, 0.4) is 0 Å². The van der Waals surface area contributed by atoms with Gasteiger partial charge in [-0.2, -0.15) is 0 Å². The molecule has 1 N–H and O–H groups in total. The van der Waals surface area contributed by atoms with Gasteiger partial charge in [0.25, 0.3) is 0 Å². The molecule has 1 unspecified atom stereocenters. The Kier molecular flexibility index (Phi) is 3.96. The second kappa shape index (κ2) is 4.26. The Morgan fingerprint density at radius 2 is 2.44 bits per heavy atom. The van der Waals surface area contributed by atoms with Crippen LogP contribution in [0.4, 0.5) is 4.39 Å². The lowest BCUT2D eigenvalue weighted by atomic mass is 10.4. The summed E-state index contributed by atoms with van der Waals surface area (Å²) in [5.74, 6) is -0.927. The SMILES string of the molecule is CC(F)C(=O)OCCO. The highest BCUT2D eigenvalue weighted by Gasteiger charge is 2.10. The topological polar surface area (TPSA) is 46.5 Å². The number of carbonyl (C=O) groups excluding carboxylic acids is 1. The van der Waals surface area contributed by atoms with Crippen molar-refractivity contribution in [3.63, 3.8) is 0 Å². The Bertz CT molecular complexity index is 92.2. The van der Waals surface area contributed by atoms with Gasteiger partial charge >= 0.3 is 5.97 Å². The van der Waals surface area contributed by atoms with E-state index in [1.54, 1.807) is 0 Å². The molecule has 0 fully saturated rings. The van der Waals surface area contributed by atoms with Gasteiger partial charge in [0, 0.05) is 0 Å². The van der Waals surface area contributed by atoms with Crippen molar-refractivity contribution in [2.45, 2.75) is 13.1 Å². The van der Waals surface area contributed by atoms with Crippen LogP contribution in [0.15, 0.2) is 0 Å². The van der Waals surface area contributed by atoms with E-state index < -0.39 is 12.1 Å². The monoisotopic (exact) mass is 136 g/mol. The fourth-order valence-electron chi connectivity index (χ4n) is 0.261. The summed E-state index contributed by atoms with van der Waals surface area (Å²) in [6.45, 7) is 0.686. The number of esters is 1. The van der Waals surface area contributed by atoms with Gasteiger partial charge in [-0.25, -0.2) is 9.18 Å². The van der Waals surface area contributed by atoms with Crippen molar-refractivity contribution < 1.29 is 19.0 Å². The molecule has 0 spiro atoms. The summed E-state index contributed by atoms with van der Waals surface area (Å²) in [5, 5.41) is 8.10. The number of ether oxygens (including phenoxy) is 1. The highest BCUT2D eigenvalue weighted by molar-refractivity contribution is 5.73. The molecule has 1 atom stereocenters. The van der Waals surface area contributed by atoms with Crippen LogP contribution in [0.25, 0.3) is 0 Å². The second-order valence-electron chi connectivity index (χ2n) is 1.51. The molecule has 54 valence electrons. The number of aliphatic hydroxyl groups is 1. The smallest absolute Gasteiger partial charge is 0.340 e. The fraction of sp³-hybridized carbons (Fsp3) is 0.800. The van der Waals surface area contributed by atoms with Crippen molar-refractivity contribution in [3.05, 3.63) is 0 Å². The van der Waals surface area contributed by atoms with Crippen molar-refractivity contribution in [1.29, 1.82) is 0 Å². The van der Waals surface area contributed by atoms with E-state index in [9.17, 15) is 9.18 Å². The van der Waals surface area contributed by atoms with Gasteiger partial charge in [-0.3, -0.25) is 0 Å². The molecule has 0 amide bonds. The highest BCUT2D eigenvalue weighted by Crippen LogP contribution is 1.90. The predicted octanol–water partition coefficient (Wildman–Crippen LogP) is -0.120. The van der Waals surface area contributed by atoms with Crippen LogP contribution in [0, 0.1) is 0 Å². The third kappa shape index (κ3) is 3.90. The van der Waals surface area contributed by atoms with Gasteiger partial charge < -0.3 is 9.84 Å². The lowest BCUT2D eigenvalue weighted by molar-refractivity contribution is -0.149. The molecule has 0 radical (unpaired) electrons. The van der Waals surface area contributed by atoms with Crippen LogP contribution in [-0.4, -0.2) is 30.5 Å². The Hall–Kier alpha value is -0.640. The van der Waals surface area contributed by atoms with Crippen molar-refractivity contribution in [1.82, 2.24) is 0 Å². The van der Waals surface area contributed by atoms with Crippen LogP contribution in [0.5, 0.6) is 0 Å². The highest BCUT2D eigenvalue weighted by atomic mass is 19.1. The van der Waals surface area contributed by atoms with E-state index in [1.165, 1.54) is 0 Å². The molecule has 0 aliphatic rings. The summed E-state index contributed by atoms with van der Waals surface area (Å²) >= 11 is 0. The van der Waals surface area contributed by atoms with Crippen LogP contribution in [0.1, 0.15) is 6.92 Å². The average molecular weight is 136 g/mol. The maximum absolute atomic E-state index is 11.9. The second-order valence-corrected chi connectivity index (χ2v) is 1.51. The van der Waals surface area contributed by atoms with E-state index in [0.717, 1.165) is 6.92 Å². The first-order chi connectivity index (χ1) is 4.18. The molecule has 0 aromatic carbocycles. The summed E-state index contributed by atoms with van der Waals surface area (Å²) in [4.78, 5) is 10.2. The Morgan fingerprint density at radius 1 is 1.89 bits per heavy atom. The number of hydrogen-bond donors (Lipinski definition) is 1. The molecule has 0 heterocycles. The maximum Gasteiger partial charge on any atom is 0.340 e. The first-order valence-corrected chi connectivity index (χ1v) is 2.60. The van der Waals surface area contributed by atoms with Crippen molar-refractivity contribution in [3.8, 4) is 0 Å². The summed E-state index contributed by atoms with van der Waals surface area (Å²) in [6.07, 6.45) is -1.60. The molecule has 0 aromatic rings. The number of rotatable bonds is 3. The van der Waals surface area contributed by atoms with Crippen LogP contribution in [0.2, 0.25) is 0 Å². The quantitative estimate of drug-likeness (QED) is 0.550. The predicted molar refractivity (Wildman–Crippen MR) is 28.6 cm³/mol. The van der Waals surface area contributed by atoms with Crippen LogP contribution in [-0.2, 0) is 9.53 Å². The minimum atomic E-state index is -1.60. The summed E-state index contributed by atoms with van der Waals surface area (Å²) in [7, 11) is 0.